The molecule has 5 nitrogen and oxygen atoms in total. The van der Waals surface area contributed by atoms with E-state index in [0.29, 0.717) is 16.6 Å². The van der Waals surface area contributed by atoms with E-state index in [4.69, 9.17) is 21.3 Å². The third kappa shape index (κ3) is 4.90. The number of amides is 1. The molecule has 0 saturated carbocycles. The molecule has 1 atom stereocenters. The fraction of sp³-hybridized carbons (Fsp3) is 0.238. The number of aromatic nitrogens is 1. The molecule has 0 spiro atoms. The third-order valence-electron chi connectivity index (χ3n) is 4.27. The smallest absolute Gasteiger partial charge is 0.230 e. The van der Waals surface area contributed by atoms with Crippen molar-refractivity contribution in [2.45, 2.75) is 20.0 Å². The molecule has 7 heteroatoms. The van der Waals surface area contributed by atoms with Crippen molar-refractivity contribution in [3.05, 3.63) is 70.2 Å². The number of carbonyl (C=O) groups is 1. The molecule has 0 aliphatic rings. The topological polar surface area (TPSA) is 46.9 Å². The molecular weight excluding hydrogens is 394 g/mol. The Labute approximate surface area is 174 Å². The number of thiazole rings is 1. The lowest BCUT2D eigenvalue weighted by Crippen LogP contribution is -3.06. The van der Waals surface area contributed by atoms with Crippen molar-refractivity contribution in [2.75, 3.05) is 19.1 Å². The molecule has 1 aromatic heterocycles. The first-order valence-corrected chi connectivity index (χ1v) is 10.2. The van der Waals surface area contributed by atoms with Gasteiger partial charge in [-0.3, -0.25) is 9.69 Å². The Morgan fingerprint density at radius 2 is 1.89 bits per heavy atom. The average Bonchev–Trinajstić information content (AvgIpc) is 3.11. The zero-order valence-electron chi connectivity index (χ0n) is 16.1. The zero-order chi connectivity index (χ0) is 20.1. The molecule has 0 aliphatic heterocycles. The van der Waals surface area contributed by atoms with Crippen molar-refractivity contribution in [2.24, 2.45) is 0 Å². The second-order valence-electron chi connectivity index (χ2n) is 6.58. The minimum atomic E-state index is -0.104. The van der Waals surface area contributed by atoms with Crippen LogP contribution in [0.15, 0.2) is 53.9 Å². The summed E-state index contributed by atoms with van der Waals surface area (Å²) >= 11 is 7.41. The minimum Gasteiger partial charge on any atom is -0.495 e. The molecule has 0 bridgehead atoms. The van der Waals surface area contributed by atoms with Gasteiger partial charge in [0.15, 0.2) is 5.13 Å². The molecule has 0 aliphatic carbocycles. The summed E-state index contributed by atoms with van der Waals surface area (Å²) in [6.45, 7) is 3.16. The standard InChI is InChI=1S/C21H22ClN3O2S/c1-15(26)25(19-6-4-5-7-20(19)27-3)21-23-18(14-28-21)13-24(2)12-16-8-10-17(22)11-9-16/h4-11,14H,12-13H2,1-3H3/p+1. The van der Waals surface area contributed by atoms with Gasteiger partial charge in [-0.1, -0.05) is 35.9 Å². The SMILES string of the molecule is COc1ccccc1N(C(C)=O)c1nc(C[NH+](C)Cc2ccc(Cl)cc2)cs1. The van der Waals surface area contributed by atoms with E-state index in [1.54, 1.807) is 12.0 Å². The first-order chi connectivity index (χ1) is 13.5. The number of methoxy groups -OCH3 is 1. The maximum atomic E-state index is 12.3. The van der Waals surface area contributed by atoms with Crippen molar-refractivity contribution >= 4 is 39.7 Å². The maximum Gasteiger partial charge on any atom is 0.230 e. The van der Waals surface area contributed by atoms with Crippen LogP contribution in [0.4, 0.5) is 10.8 Å². The van der Waals surface area contributed by atoms with Gasteiger partial charge in [0.1, 0.15) is 24.5 Å². The fourth-order valence-electron chi connectivity index (χ4n) is 3.02. The number of benzene rings is 2. The summed E-state index contributed by atoms with van der Waals surface area (Å²) in [7, 11) is 3.72. The molecular formula is C21H23ClN3O2S+. The highest BCUT2D eigenvalue weighted by Gasteiger charge is 2.21. The van der Waals surface area contributed by atoms with E-state index in [9.17, 15) is 4.79 Å². The summed E-state index contributed by atoms with van der Waals surface area (Å²) in [5.41, 5.74) is 2.87. The highest BCUT2D eigenvalue weighted by atomic mass is 35.5. The first kappa shape index (κ1) is 20.3. The van der Waals surface area contributed by atoms with Crippen molar-refractivity contribution < 1.29 is 14.4 Å². The number of rotatable bonds is 7. The average molecular weight is 417 g/mol. The van der Waals surface area contributed by atoms with E-state index in [0.717, 1.165) is 23.8 Å². The van der Waals surface area contributed by atoms with Gasteiger partial charge in [-0.25, -0.2) is 4.98 Å². The number of nitrogens with zero attached hydrogens (tertiary/aromatic N) is 2. The van der Waals surface area contributed by atoms with E-state index in [1.807, 2.05) is 53.9 Å². The minimum absolute atomic E-state index is 0.104. The lowest BCUT2D eigenvalue weighted by Gasteiger charge is -2.20. The van der Waals surface area contributed by atoms with E-state index in [-0.39, 0.29) is 5.91 Å². The molecule has 28 heavy (non-hydrogen) atoms. The van der Waals surface area contributed by atoms with Gasteiger partial charge in [0, 0.05) is 22.9 Å². The molecule has 2 aromatic carbocycles. The predicted molar refractivity (Wildman–Crippen MR) is 114 cm³/mol. The second-order valence-corrected chi connectivity index (χ2v) is 7.86. The number of hydrogen-bond acceptors (Lipinski definition) is 4. The van der Waals surface area contributed by atoms with Gasteiger partial charge in [0.2, 0.25) is 5.91 Å². The Hall–Kier alpha value is -2.41. The van der Waals surface area contributed by atoms with Crippen LogP contribution in [0.5, 0.6) is 5.75 Å². The Bertz CT molecular complexity index is 943. The highest BCUT2D eigenvalue weighted by molar-refractivity contribution is 7.14. The molecule has 0 fully saturated rings. The molecule has 146 valence electrons. The van der Waals surface area contributed by atoms with Crippen molar-refractivity contribution in [3.63, 3.8) is 0 Å². The number of anilines is 2. The van der Waals surface area contributed by atoms with Crippen LogP contribution in [0.2, 0.25) is 5.02 Å². The van der Waals surface area contributed by atoms with Crippen LogP contribution in [0, 0.1) is 0 Å². The molecule has 3 rings (SSSR count). The summed E-state index contributed by atoms with van der Waals surface area (Å²) in [6, 6.07) is 15.3. The van der Waals surface area contributed by atoms with Crippen LogP contribution < -0.4 is 14.5 Å². The van der Waals surface area contributed by atoms with Gasteiger partial charge in [-0.05, 0) is 24.3 Å². The van der Waals surface area contributed by atoms with E-state index < -0.39 is 0 Å². The van der Waals surface area contributed by atoms with Gasteiger partial charge in [-0.15, -0.1) is 11.3 Å². The van der Waals surface area contributed by atoms with Gasteiger partial charge < -0.3 is 9.64 Å². The molecule has 0 radical (unpaired) electrons. The summed E-state index contributed by atoms with van der Waals surface area (Å²) < 4.78 is 5.41. The van der Waals surface area contributed by atoms with Crippen LogP contribution in [0.3, 0.4) is 0 Å². The second kappa shape index (κ2) is 9.19. The number of para-hydroxylation sites is 2. The van der Waals surface area contributed by atoms with Gasteiger partial charge in [0.25, 0.3) is 0 Å². The predicted octanol–water partition coefficient (Wildman–Crippen LogP) is 3.70. The van der Waals surface area contributed by atoms with Crippen LogP contribution in [0.25, 0.3) is 0 Å². The van der Waals surface area contributed by atoms with E-state index in [1.165, 1.54) is 28.7 Å². The monoisotopic (exact) mass is 416 g/mol. The molecule has 0 saturated heterocycles. The molecule has 1 N–H and O–H groups in total. The van der Waals surface area contributed by atoms with Gasteiger partial charge >= 0.3 is 0 Å². The number of halogens is 1. The number of nitrogens with one attached hydrogen (secondary N) is 1. The Morgan fingerprint density at radius 1 is 1.18 bits per heavy atom. The molecule has 3 aromatic rings. The third-order valence-corrected chi connectivity index (χ3v) is 5.40. The van der Waals surface area contributed by atoms with Crippen LogP contribution in [0.1, 0.15) is 18.2 Å². The Morgan fingerprint density at radius 3 is 2.57 bits per heavy atom. The Balaban J connectivity index is 1.75. The summed E-state index contributed by atoms with van der Waals surface area (Å²) in [4.78, 5) is 19.9. The van der Waals surface area contributed by atoms with E-state index >= 15 is 0 Å². The molecule has 1 heterocycles. The van der Waals surface area contributed by atoms with Crippen LogP contribution in [-0.2, 0) is 17.9 Å². The number of hydrogen-bond donors (Lipinski definition) is 1. The van der Waals surface area contributed by atoms with Crippen LogP contribution >= 0.6 is 22.9 Å². The number of carbonyl (C=O) groups excluding carboxylic acids is 1. The maximum absolute atomic E-state index is 12.3. The molecule has 1 unspecified atom stereocenters. The van der Waals surface area contributed by atoms with E-state index in [2.05, 4.69) is 7.05 Å². The first-order valence-electron chi connectivity index (χ1n) is 8.91. The normalized spacial score (nSPS) is 11.9. The van der Waals surface area contributed by atoms with Crippen molar-refractivity contribution in [1.82, 2.24) is 4.98 Å². The lowest BCUT2D eigenvalue weighted by atomic mass is 10.2. The largest absolute Gasteiger partial charge is 0.495 e. The summed E-state index contributed by atoms with van der Waals surface area (Å²) in [5, 5.41) is 3.39. The van der Waals surface area contributed by atoms with Crippen molar-refractivity contribution in [1.29, 1.82) is 0 Å². The van der Waals surface area contributed by atoms with Gasteiger partial charge in [0.05, 0.1) is 19.8 Å². The van der Waals surface area contributed by atoms with Gasteiger partial charge in [-0.2, -0.15) is 0 Å². The quantitative estimate of drug-likeness (QED) is 0.638. The number of ether oxygens (including phenoxy) is 1. The molecule has 1 amide bonds. The fourth-order valence-corrected chi connectivity index (χ4v) is 4.03. The summed E-state index contributed by atoms with van der Waals surface area (Å²) in [6.07, 6.45) is 0. The lowest BCUT2D eigenvalue weighted by molar-refractivity contribution is -0.908. The zero-order valence-corrected chi connectivity index (χ0v) is 17.7. The Kier molecular flexibility index (Phi) is 6.67. The van der Waals surface area contributed by atoms with Crippen LogP contribution in [-0.4, -0.2) is 25.0 Å². The number of quaternary nitrogens is 1. The summed E-state index contributed by atoms with van der Waals surface area (Å²) in [5.74, 6) is 0.534. The van der Waals surface area contributed by atoms with Crippen molar-refractivity contribution in [3.8, 4) is 5.75 Å². The highest BCUT2D eigenvalue weighted by Crippen LogP contribution is 2.35.